The molecule has 0 spiro atoms. The molecule has 2 rings (SSSR count). The topological polar surface area (TPSA) is 41.6 Å². The van der Waals surface area contributed by atoms with Crippen LogP contribution in [-0.4, -0.2) is 43.7 Å². The molecule has 1 saturated heterocycles. The third-order valence-electron chi connectivity index (χ3n) is 4.00. The summed E-state index contributed by atoms with van der Waals surface area (Å²) in [7, 11) is 0. The normalized spacial score (nSPS) is 17.2. The average Bonchev–Trinajstić information content (AvgIpc) is 2.55. The first-order valence-electron chi connectivity index (χ1n) is 8.05. The van der Waals surface area contributed by atoms with E-state index in [2.05, 4.69) is 17.1 Å². The van der Waals surface area contributed by atoms with Crippen LogP contribution in [0, 0.1) is 0 Å². The minimum absolute atomic E-state index is 0.100. The van der Waals surface area contributed by atoms with Crippen LogP contribution in [0.1, 0.15) is 37.8 Å². The van der Waals surface area contributed by atoms with Gasteiger partial charge in [-0.25, -0.2) is 0 Å². The monoisotopic (exact) mass is 324 g/mol. The standard InChI is InChI=1S/C17H25ClN2O2/c1-2-3-8-17(21)19-13-16(20-9-11-22-12-10-20)14-6-4-5-7-15(14)18/h4-7,16H,2-3,8-13H2,1H3,(H,19,21)/t16-/m0/s1. The largest absolute Gasteiger partial charge is 0.379 e. The summed E-state index contributed by atoms with van der Waals surface area (Å²) in [5.74, 6) is 0.118. The number of hydrogen-bond acceptors (Lipinski definition) is 3. The summed E-state index contributed by atoms with van der Waals surface area (Å²) in [4.78, 5) is 14.3. The van der Waals surface area contributed by atoms with Crippen molar-refractivity contribution in [3.05, 3.63) is 34.9 Å². The fraction of sp³-hybridized carbons (Fsp3) is 0.588. The van der Waals surface area contributed by atoms with Gasteiger partial charge < -0.3 is 10.1 Å². The van der Waals surface area contributed by atoms with Crippen molar-refractivity contribution >= 4 is 17.5 Å². The summed E-state index contributed by atoms with van der Waals surface area (Å²) in [5, 5.41) is 3.81. The first kappa shape index (κ1) is 17.3. The lowest BCUT2D eigenvalue weighted by molar-refractivity contribution is -0.121. The molecule has 0 aliphatic carbocycles. The van der Waals surface area contributed by atoms with Gasteiger partial charge in [0, 0.05) is 31.1 Å². The van der Waals surface area contributed by atoms with Gasteiger partial charge in [-0.15, -0.1) is 0 Å². The summed E-state index contributed by atoms with van der Waals surface area (Å²) in [5.41, 5.74) is 1.07. The molecular weight excluding hydrogens is 300 g/mol. The molecule has 122 valence electrons. The number of ether oxygens (including phenoxy) is 1. The smallest absolute Gasteiger partial charge is 0.220 e. The first-order chi connectivity index (χ1) is 10.7. The predicted molar refractivity (Wildman–Crippen MR) is 89.1 cm³/mol. The third kappa shape index (κ3) is 4.97. The van der Waals surface area contributed by atoms with Crippen LogP contribution in [0.3, 0.4) is 0 Å². The van der Waals surface area contributed by atoms with Gasteiger partial charge in [0.1, 0.15) is 0 Å². The molecule has 1 aliphatic heterocycles. The molecule has 0 radical (unpaired) electrons. The lowest BCUT2D eigenvalue weighted by atomic mass is 10.0. The molecule has 0 bridgehead atoms. The molecule has 5 heteroatoms. The molecule has 1 atom stereocenters. The Balaban J connectivity index is 2.05. The van der Waals surface area contributed by atoms with Crippen LogP contribution in [0.15, 0.2) is 24.3 Å². The van der Waals surface area contributed by atoms with Crippen molar-refractivity contribution in [2.24, 2.45) is 0 Å². The highest BCUT2D eigenvalue weighted by Gasteiger charge is 2.24. The van der Waals surface area contributed by atoms with Gasteiger partial charge in [0.15, 0.2) is 0 Å². The zero-order valence-electron chi connectivity index (χ0n) is 13.2. The van der Waals surface area contributed by atoms with E-state index in [9.17, 15) is 4.79 Å². The van der Waals surface area contributed by atoms with Gasteiger partial charge in [0.2, 0.25) is 5.91 Å². The van der Waals surface area contributed by atoms with E-state index in [1.807, 2.05) is 24.3 Å². The van der Waals surface area contributed by atoms with Crippen LogP contribution in [0.2, 0.25) is 5.02 Å². The Labute approximate surface area is 137 Å². The van der Waals surface area contributed by atoms with Crippen molar-refractivity contribution in [1.82, 2.24) is 10.2 Å². The molecular formula is C17H25ClN2O2. The lowest BCUT2D eigenvalue weighted by Gasteiger charge is -2.35. The van der Waals surface area contributed by atoms with Crippen molar-refractivity contribution in [2.75, 3.05) is 32.8 Å². The molecule has 4 nitrogen and oxygen atoms in total. The van der Waals surface area contributed by atoms with E-state index >= 15 is 0 Å². The highest BCUT2D eigenvalue weighted by molar-refractivity contribution is 6.31. The maximum absolute atomic E-state index is 11.9. The quantitative estimate of drug-likeness (QED) is 0.838. The Kier molecular flexibility index (Phi) is 7.16. The lowest BCUT2D eigenvalue weighted by Crippen LogP contribution is -2.43. The number of halogens is 1. The number of benzene rings is 1. The zero-order chi connectivity index (χ0) is 15.8. The minimum Gasteiger partial charge on any atom is -0.379 e. The zero-order valence-corrected chi connectivity index (χ0v) is 13.9. The maximum atomic E-state index is 11.9. The first-order valence-corrected chi connectivity index (χ1v) is 8.43. The number of unbranched alkanes of at least 4 members (excludes halogenated alkanes) is 1. The van der Waals surface area contributed by atoms with Gasteiger partial charge in [-0.3, -0.25) is 9.69 Å². The number of hydrogen-bond donors (Lipinski definition) is 1. The Bertz CT molecular complexity index is 475. The van der Waals surface area contributed by atoms with Crippen molar-refractivity contribution in [3.8, 4) is 0 Å². The number of nitrogens with one attached hydrogen (secondary N) is 1. The van der Waals surface area contributed by atoms with Gasteiger partial charge in [-0.05, 0) is 18.1 Å². The minimum atomic E-state index is 0.100. The molecule has 22 heavy (non-hydrogen) atoms. The van der Waals surface area contributed by atoms with Crippen molar-refractivity contribution in [1.29, 1.82) is 0 Å². The van der Waals surface area contributed by atoms with E-state index in [0.29, 0.717) is 13.0 Å². The van der Waals surface area contributed by atoms with Crippen LogP contribution >= 0.6 is 11.6 Å². The fourth-order valence-electron chi connectivity index (χ4n) is 2.71. The number of carbonyl (C=O) groups excluding carboxylic acids is 1. The SMILES string of the molecule is CCCCC(=O)NC[C@@H](c1ccccc1Cl)N1CCOCC1. The van der Waals surface area contributed by atoms with E-state index in [1.165, 1.54) is 0 Å². The van der Waals surface area contributed by atoms with E-state index < -0.39 is 0 Å². The molecule has 1 heterocycles. The molecule has 1 fully saturated rings. The van der Waals surface area contributed by atoms with Gasteiger partial charge >= 0.3 is 0 Å². The van der Waals surface area contributed by atoms with E-state index in [-0.39, 0.29) is 11.9 Å². The summed E-state index contributed by atoms with van der Waals surface area (Å²) in [6.07, 6.45) is 2.56. The number of rotatable bonds is 7. The summed E-state index contributed by atoms with van der Waals surface area (Å²) < 4.78 is 5.43. The van der Waals surface area contributed by atoms with Gasteiger partial charge in [-0.1, -0.05) is 43.1 Å². The highest BCUT2D eigenvalue weighted by Crippen LogP contribution is 2.27. The summed E-state index contributed by atoms with van der Waals surface area (Å²) in [6, 6.07) is 7.97. The van der Waals surface area contributed by atoms with Crippen LogP contribution < -0.4 is 5.32 Å². The van der Waals surface area contributed by atoms with Gasteiger partial charge in [-0.2, -0.15) is 0 Å². The van der Waals surface area contributed by atoms with E-state index in [4.69, 9.17) is 16.3 Å². The molecule has 0 saturated carbocycles. The van der Waals surface area contributed by atoms with Crippen molar-refractivity contribution in [2.45, 2.75) is 32.2 Å². The molecule has 1 N–H and O–H groups in total. The third-order valence-corrected chi connectivity index (χ3v) is 4.34. The van der Waals surface area contributed by atoms with Crippen LogP contribution in [-0.2, 0) is 9.53 Å². The fourth-order valence-corrected chi connectivity index (χ4v) is 2.97. The van der Waals surface area contributed by atoms with Gasteiger partial charge in [0.25, 0.3) is 0 Å². The Morgan fingerprint density at radius 2 is 2.09 bits per heavy atom. The Morgan fingerprint density at radius 1 is 1.36 bits per heavy atom. The van der Waals surface area contributed by atoms with E-state index in [0.717, 1.165) is 49.7 Å². The van der Waals surface area contributed by atoms with E-state index in [1.54, 1.807) is 0 Å². The summed E-state index contributed by atoms with van der Waals surface area (Å²) in [6.45, 7) is 5.86. The molecule has 0 unspecified atom stereocenters. The second-order valence-electron chi connectivity index (χ2n) is 5.59. The second-order valence-corrected chi connectivity index (χ2v) is 6.00. The summed E-state index contributed by atoms with van der Waals surface area (Å²) >= 11 is 6.37. The molecule has 1 aromatic rings. The molecule has 1 amide bonds. The Morgan fingerprint density at radius 3 is 2.77 bits per heavy atom. The maximum Gasteiger partial charge on any atom is 0.220 e. The highest BCUT2D eigenvalue weighted by atomic mass is 35.5. The number of nitrogens with zero attached hydrogens (tertiary/aromatic N) is 1. The number of amides is 1. The van der Waals surface area contributed by atoms with Gasteiger partial charge in [0.05, 0.1) is 19.3 Å². The molecule has 0 aromatic heterocycles. The average molecular weight is 325 g/mol. The molecule has 1 aliphatic rings. The van der Waals surface area contributed by atoms with Crippen LogP contribution in [0.4, 0.5) is 0 Å². The van der Waals surface area contributed by atoms with Crippen LogP contribution in [0.25, 0.3) is 0 Å². The van der Waals surface area contributed by atoms with Crippen molar-refractivity contribution in [3.63, 3.8) is 0 Å². The Hall–Kier alpha value is -1.10. The number of morpholine rings is 1. The second kappa shape index (κ2) is 9.13. The predicted octanol–water partition coefficient (Wildman–Crippen LogP) is 3.02. The van der Waals surface area contributed by atoms with Crippen LogP contribution in [0.5, 0.6) is 0 Å². The van der Waals surface area contributed by atoms with Crippen molar-refractivity contribution < 1.29 is 9.53 Å². The number of carbonyl (C=O) groups is 1. The molecule has 1 aromatic carbocycles.